The first-order valence-electron chi connectivity index (χ1n) is 9.28. The second-order valence-corrected chi connectivity index (χ2v) is 9.18. The van der Waals surface area contributed by atoms with E-state index in [1.54, 1.807) is 11.1 Å². The molecule has 2 amide bonds. The van der Waals surface area contributed by atoms with Gasteiger partial charge in [-0.2, -0.15) is 0 Å². The molecule has 2 aromatic heterocycles. The van der Waals surface area contributed by atoms with E-state index < -0.39 is 5.97 Å². The van der Waals surface area contributed by atoms with E-state index in [4.69, 9.17) is 5.11 Å². The molecule has 0 atom stereocenters. The lowest BCUT2D eigenvalue weighted by Crippen LogP contribution is -2.38. The molecular formula is C18H20N6O3S2. The fourth-order valence-corrected chi connectivity index (χ4v) is 5.01. The zero-order valence-corrected chi connectivity index (χ0v) is 17.1. The van der Waals surface area contributed by atoms with Gasteiger partial charge in [-0.25, -0.2) is 9.78 Å². The van der Waals surface area contributed by atoms with Crippen LogP contribution in [0.3, 0.4) is 0 Å². The number of carbonyl (C=O) groups is 2. The zero-order chi connectivity index (χ0) is 20.2. The number of amides is 2. The van der Waals surface area contributed by atoms with Gasteiger partial charge in [-0.05, 0) is 37.0 Å². The molecule has 0 spiro atoms. The summed E-state index contributed by atoms with van der Waals surface area (Å²) in [6.45, 7) is 0.626. The molecule has 1 fully saturated rings. The van der Waals surface area contributed by atoms with Crippen LogP contribution in [-0.4, -0.2) is 49.8 Å². The van der Waals surface area contributed by atoms with E-state index >= 15 is 0 Å². The minimum Gasteiger partial charge on any atom is -0.481 e. The first-order chi connectivity index (χ1) is 14.1. The number of carbonyl (C=O) groups excluding carboxylic acids is 1. The molecule has 1 aliphatic rings. The molecule has 1 aliphatic carbocycles. The number of H-pyrrole nitrogens is 1. The molecule has 29 heavy (non-hydrogen) atoms. The standard InChI is InChI=1S/C18H20N6O3S2/c25-15(26)10-28-16-8-19-17(29-16)20-18(27)24(9-11-3-1-2-4-11)12-5-6-13-14(7-12)22-23-21-13/h5-8,11H,1-4,9-10H2,(H,25,26)(H,19,20,27)(H,21,22,23). The molecule has 1 saturated carbocycles. The summed E-state index contributed by atoms with van der Waals surface area (Å²) in [4.78, 5) is 29.7. The van der Waals surface area contributed by atoms with Crippen molar-refractivity contribution in [2.75, 3.05) is 22.5 Å². The Balaban J connectivity index is 1.51. The number of anilines is 2. The molecule has 0 aliphatic heterocycles. The van der Waals surface area contributed by atoms with Crippen molar-refractivity contribution in [3.05, 3.63) is 24.4 Å². The molecule has 2 heterocycles. The summed E-state index contributed by atoms with van der Waals surface area (Å²) in [5.41, 5.74) is 2.27. The number of fused-ring (bicyclic) bond motifs is 1. The Bertz CT molecular complexity index is 1010. The summed E-state index contributed by atoms with van der Waals surface area (Å²) in [5.74, 6) is -0.465. The van der Waals surface area contributed by atoms with Gasteiger partial charge in [0, 0.05) is 12.2 Å². The second-order valence-electron chi connectivity index (χ2n) is 6.87. The van der Waals surface area contributed by atoms with Crippen molar-refractivity contribution in [1.82, 2.24) is 20.4 Å². The van der Waals surface area contributed by atoms with Crippen LogP contribution >= 0.6 is 23.1 Å². The average molecular weight is 433 g/mol. The highest BCUT2D eigenvalue weighted by Crippen LogP contribution is 2.31. The maximum atomic E-state index is 13.1. The van der Waals surface area contributed by atoms with E-state index in [0.29, 0.717) is 23.1 Å². The van der Waals surface area contributed by atoms with Crippen LogP contribution in [0.1, 0.15) is 25.7 Å². The molecule has 0 radical (unpaired) electrons. The fourth-order valence-electron chi connectivity index (χ4n) is 3.43. The molecule has 3 N–H and O–H groups in total. The number of aromatic amines is 1. The predicted octanol–water partition coefficient (Wildman–Crippen LogP) is 3.82. The van der Waals surface area contributed by atoms with Gasteiger partial charge in [-0.1, -0.05) is 29.4 Å². The number of urea groups is 1. The molecule has 0 bridgehead atoms. The zero-order valence-electron chi connectivity index (χ0n) is 15.5. The van der Waals surface area contributed by atoms with E-state index in [0.717, 1.165) is 28.3 Å². The van der Waals surface area contributed by atoms with Gasteiger partial charge in [0.2, 0.25) is 0 Å². The van der Waals surface area contributed by atoms with E-state index in [2.05, 4.69) is 25.7 Å². The summed E-state index contributed by atoms with van der Waals surface area (Å²) >= 11 is 2.45. The third-order valence-electron chi connectivity index (χ3n) is 4.82. The lowest BCUT2D eigenvalue weighted by Gasteiger charge is -2.25. The second kappa shape index (κ2) is 8.78. The first kappa shape index (κ1) is 19.6. The highest BCUT2D eigenvalue weighted by Gasteiger charge is 2.24. The number of hydrogen-bond acceptors (Lipinski definition) is 7. The Hall–Kier alpha value is -2.66. The number of rotatable bonds is 7. The number of nitrogens with zero attached hydrogens (tertiary/aromatic N) is 4. The highest BCUT2D eigenvalue weighted by atomic mass is 32.2. The topological polar surface area (TPSA) is 124 Å². The van der Waals surface area contributed by atoms with Crippen LogP contribution in [0.5, 0.6) is 0 Å². The van der Waals surface area contributed by atoms with Crippen LogP contribution in [-0.2, 0) is 4.79 Å². The van der Waals surface area contributed by atoms with Gasteiger partial charge in [0.05, 0.1) is 21.7 Å². The Kier molecular flexibility index (Phi) is 5.95. The largest absolute Gasteiger partial charge is 0.481 e. The maximum absolute atomic E-state index is 13.1. The van der Waals surface area contributed by atoms with Gasteiger partial charge in [0.1, 0.15) is 5.52 Å². The van der Waals surface area contributed by atoms with Crippen LogP contribution in [0.2, 0.25) is 0 Å². The van der Waals surface area contributed by atoms with Crippen molar-refractivity contribution in [3.63, 3.8) is 0 Å². The lowest BCUT2D eigenvalue weighted by molar-refractivity contribution is -0.133. The Morgan fingerprint density at radius 1 is 1.34 bits per heavy atom. The van der Waals surface area contributed by atoms with Crippen LogP contribution in [0.4, 0.5) is 15.6 Å². The van der Waals surface area contributed by atoms with Gasteiger partial charge < -0.3 is 5.11 Å². The van der Waals surface area contributed by atoms with Crippen molar-refractivity contribution in [1.29, 1.82) is 0 Å². The van der Waals surface area contributed by atoms with Gasteiger partial charge in [-0.15, -0.1) is 16.9 Å². The number of carboxylic acid groups (broad SMARTS) is 1. The number of nitrogens with one attached hydrogen (secondary N) is 2. The van der Waals surface area contributed by atoms with E-state index in [1.165, 1.54) is 35.9 Å². The van der Waals surface area contributed by atoms with Crippen molar-refractivity contribution < 1.29 is 14.7 Å². The smallest absolute Gasteiger partial charge is 0.328 e. The molecule has 152 valence electrons. The molecule has 9 nitrogen and oxygen atoms in total. The van der Waals surface area contributed by atoms with E-state index in [9.17, 15) is 9.59 Å². The van der Waals surface area contributed by atoms with Gasteiger partial charge in [0.25, 0.3) is 0 Å². The monoisotopic (exact) mass is 432 g/mol. The SMILES string of the molecule is O=C(O)CSc1cnc(NC(=O)N(CC2CCCC2)c2ccc3[nH]nnc3c2)s1. The number of benzene rings is 1. The number of thioether (sulfide) groups is 1. The Labute approximate surface area is 174 Å². The van der Waals surface area contributed by atoms with Gasteiger partial charge in [-0.3, -0.25) is 20.1 Å². The van der Waals surface area contributed by atoms with Crippen molar-refractivity contribution in [3.8, 4) is 0 Å². The lowest BCUT2D eigenvalue weighted by atomic mass is 10.1. The van der Waals surface area contributed by atoms with Crippen LogP contribution < -0.4 is 10.2 Å². The molecular weight excluding hydrogens is 412 g/mol. The number of aliphatic carboxylic acids is 1. The third kappa shape index (κ3) is 4.85. The molecule has 4 rings (SSSR count). The summed E-state index contributed by atoms with van der Waals surface area (Å²) in [6, 6.07) is 5.34. The fraction of sp³-hybridized carbons (Fsp3) is 0.389. The number of aromatic nitrogens is 4. The molecule has 0 unspecified atom stereocenters. The number of hydrogen-bond donors (Lipinski definition) is 3. The Morgan fingerprint density at radius 3 is 2.97 bits per heavy atom. The van der Waals surface area contributed by atoms with Crippen molar-refractivity contribution in [2.24, 2.45) is 5.92 Å². The predicted molar refractivity (Wildman–Crippen MR) is 113 cm³/mol. The van der Waals surface area contributed by atoms with Gasteiger partial charge in [0.15, 0.2) is 5.13 Å². The van der Waals surface area contributed by atoms with Crippen molar-refractivity contribution in [2.45, 2.75) is 29.9 Å². The third-order valence-corrected chi connectivity index (χ3v) is 6.91. The molecule has 1 aromatic carbocycles. The minimum atomic E-state index is -0.889. The maximum Gasteiger partial charge on any atom is 0.328 e. The summed E-state index contributed by atoms with van der Waals surface area (Å²) < 4.78 is 0.744. The molecule has 11 heteroatoms. The van der Waals surface area contributed by atoms with Crippen molar-refractivity contribution >= 4 is 57.0 Å². The molecule has 0 saturated heterocycles. The number of carboxylic acids is 1. The average Bonchev–Trinajstić information content (AvgIpc) is 3.45. The summed E-state index contributed by atoms with van der Waals surface area (Å²) in [5, 5.41) is 22.8. The number of thiazole rings is 1. The van der Waals surface area contributed by atoms with Gasteiger partial charge >= 0.3 is 12.0 Å². The van der Waals surface area contributed by atoms with E-state index in [1.807, 2.05) is 18.2 Å². The van der Waals surface area contributed by atoms with Crippen LogP contribution in [0.15, 0.2) is 28.6 Å². The van der Waals surface area contributed by atoms with Crippen LogP contribution in [0.25, 0.3) is 11.0 Å². The summed E-state index contributed by atoms with van der Waals surface area (Å²) in [7, 11) is 0. The summed E-state index contributed by atoms with van der Waals surface area (Å²) in [6.07, 6.45) is 6.20. The minimum absolute atomic E-state index is 0.0406. The normalized spacial score (nSPS) is 14.3. The Morgan fingerprint density at radius 2 is 2.17 bits per heavy atom. The van der Waals surface area contributed by atoms with E-state index in [-0.39, 0.29) is 11.8 Å². The first-order valence-corrected chi connectivity index (χ1v) is 11.1. The highest BCUT2D eigenvalue weighted by molar-refractivity contribution is 8.01. The van der Waals surface area contributed by atoms with Crippen LogP contribution in [0, 0.1) is 5.92 Å². The molecule has 3 aromatic rings. The quantitative estimate of drug-likeness (QED) is 0.485.